The number of carbonyl (C=O) groups is 1. The molecule has 132 valence electrons. The number of aliphatic carboxylic acids is 1. The van der Waals surface area contributed by atoms with Crippen molar-refractivity contribution in [1.29, 1.82) is 0 Å². The molecule has 0 aliphatic heterocycles. The first-order valence-electron chi connectivity index (χ1n) is 7.86. The zero-order valence-corrected chi connectivity index (χ0v) is 14.4. The number of nitrogens with zero attached hydrogens (tertiary/aromatic N) is 1. The molecule has 3 rings (SSSR count). The van der Waals surface area contributed by atoms with E-state index in [1.165, 1.54) is 6.07 Å². The largest absolute Gasteiger partial charge is 0.481 e. The van der Waals surface area contributed by atoms with Gasteiger partial charge in [-0.1, -0.05) is 41.9 Å². The summed E-state index contributed by atoms with van der Waals surface area (Å²) in [5.74, 6) is -0.950. The van der Waals surface area contributed by atoms with E-state index in [2.05, 4.69) is 4.98 Å². The van der Waals surface area contributed by atoms with E-state index in [1.807, 2.05) is 18.2 Å². The number of hydrogen-bond donors (Lipinski definition) is 1. The fourth-order valence-corrected chi connectivity index (χ4v) is 2.65. The van der Waals surface area contributed by atoms with Gasteiger partial charge in [-0.05, 0) is 35.4 Å². The highest BCUT2D eigenvalue weighted by Crippen LogP contribution is 2.29. The highest BCUT2D eigenvalue weighted by atomic mass is 35.5. The van der Waals surface area contributed by atoms with Crippen LogP contribution in [0.4, 0.5) is 4.39 Å². The highest BCUT2D eigenvalue weighted by Gasteiger charge is 2.10. The number of ether oxygens (including phenoxy) is 1. The van der Waals surface area contributed by atoms with E-state index in [0.717, 1.165) is 11.1 Å². The molecule has 0 unspecified atom stereocenters. The Hall–Kier alpha value is -2.92. The summed E-state index contributed by atoms with van der Waals surface area (Å²) in [6.07, 6.45) is 1.56. The molecule has 0 saturated heterocycles. The smallest absolute Gasteiger partial charge is 0.307 e. The van der Waals surface area contributed by atoms with Crippen LogP contribution in [-0.4, -0.2) is 16.1 Å². The average molecular weight is 372 g/mol. The maximum Gasteiger partial charge on any atom is 0.307 e. The van der Waals surface area contributed by atoms with Crippen LogP contribution in [-0.2, 0) is 17.8 Å². The summed E-state index contributed by atoms with van der Waals surface area (Å²) in [5, 5.41) is 9.17. The maximum absolute atomic E-state index is 13.9. The monoisotopic (exact) mass is 371 g/mol. The minimum atomic E-state index is -0.881. The Morgan fingerprint density at radius 1 is 1.15 bits per heavy atom. The van der Waals surface area contributed by atoms with Crippen LogP contribution in [0.3, 0.4) is 0 Å². The minimum absolute atomic E-state index is 0.0180. The van der Waals surface area contributed by atoms with E-state index in [9.17, 15) is 9.18 Å². The lowest BCUT2D eigenvalue weighted by Gasteiger charge is -2.11. The summed E-state index contributed by atoms with van der Waals surface area (Å²) in [6.45, 7) is 0.0180. The lowest BCUT2D eigenvalue weighted by Crippen LogP contribution is -2.01. The summed E-state index contributed by atoms with van der Waals surface area (Å²) < 4.78 is 19.6. The molecule has 3 aromatic rings. The van der Waals surface area contributed by atoms with Crippen LogP contribution < -0.4 is 4.74 Å². The Bertz CT molecular complexity index is 929. The molecule has 4 nitrogen and oxygen atoms in total. The molecule has 2 aromatic carbocycles. The zero-order chi connectivity index (χ0) is 18.5. The van der Waals surface area contributed by atoms with Gasteiger partial charge in [0.05, 0.1) is 6.42 Å². The first-order valence-corrected chi connectivity index (χ1v) is 8.23. The molecule has 1 N–H and O–H groups in total. The highest BCUT2D eigenvalue weighted by molar-refractivity contribution is 6.30. The van der Waals surface area contributed by atoms with Gasteiger partial charge >= 0.3 is 5.97 Å². The Morgan fingerprint density at radius 3 is 2.62 bits per heavy atom. The number of benzene rings is 2. The van der Waals surface area contributed by atoms with Gasteiger partial charge in [0.25, 0.3) is 0 Å². The predicted molar refractivity (Wildman–Crippen MR) is 96.8 cm³/mol. The fourth-order valence-electron chi connectivity index (χ4n) is 2.49. The molecular weight excluding hydrogens is 357 g/mol. The van der Waals surface area contributed by atoms with Crippen molar-refractivity contribution >= 4 is 17.6 Å². The Balaban J connectivity index is 1.80. The predicted octanol–water partition coefficient (Wildman–Crippen LogP) is 4.75. The van der Waals surface area contributed by atoms with Crippen molar-refractivity contribution < 1.29 is 19.0 Å². The van der Waals surface area contributed by atoms with Crippen LogP contribution in [0.15, 0.2) is 60.8 Å². The second-order valence-electron chi connectivity index (χ2n) is 5.65. The molecule has 0 radical (unpaired) electrons. The number of halogens is 2. The van der Waals surface area contributed by atoms with Gasteiger partial charge < -0.3 is 9.84 Å². The molecule has 0 saturated carbocycles. The number of aromatic nitrogens is 1. The molecular formula is C20H15ClFNO3. The Morgan fingerprint density at radius 2 is 1.92 bits per heavy atom. The number of carboxylic acid groups (broad SMARTS) is 1. The van der Waals surface area contributed by atoms with Crippen molar-refractivity contribution in [1.82, 2.24) is 4.98 Å². The van der Waals surface area contributed by atoms with Crippen LogP contribution >= 0.6 is 11.6 Å². The molecule has 1 aromatic heterocycles. The molecule has 0 aliphatic rings. The maximum atomic E-state index is 13.9. The van der Waals surface area contributed by atoms with Gasteiger partial charge in [-0.25, -0.2) is 9.37 Å². The van der Waals surface area contributed by atoms with Crippen LogP contribution in [0.5, 0.6) is 5.88 Å². The third-order valence-corrected chi connectivity index (χ3v) is 4.01. The van der Waals surface area contributed by atoms with Crippen molar-refractivity contribution in [3.8, 4) is 17.0 Å². The molecule has 6 heteroatoms. The molecule has 0 atom stereocenters. The number of pyridine rings is 1. The SMILES string of the molecule is O=C(O)Cc1ccc(-c2cccnc2OCc2ccc(Cl)cc2F)cc1. The molecule has 26 heavy (non-hydrogen) atoms. The fraction of sp³-hybridized carbons (Fsp3) is 0.100. The topological polar surface area (TPSA) is 59.4 Å². The minimum Gasteiger partial charge on any atom is -0.481 e. The third-order valence-electron chi connectivity index (χ3n) is 3.77. The molecule has 0 fully saturated rings. The van der Waals surface area contributed by atoms with Crippen LogP contribution in [0.25, 0.3) is 11.1 Å². The van der Waals surface area contributed by atoms with Gasteiger partial charge in [-0.3, -0.25) is 4.79 Å². The van der Waals surface area contributed by atoms with Crippen LogP contribution in [0.2, 0.25) is 5.02 Å². The molecule has 0 bridgehead atoms. The normalized spacial score (nSPS) is 10.5. The van der Waals surface area contributed by atoms with Gasteiger partial charge in [0, 0.05) is 22.3 Å². The Kier molecular flexibility index (Phi) is 5.49. The van der Waals surface area contributed by atoms with Crippen molar-refractivity contribution in [2.45, 2.75) is 13.0 Å². The number of hydrogen-bond acceptors (Lipinski definition) is 3. The second kappa shape index (κ2) is 7.97. The first kappa shape index (κ1) is 17.9. The number of carboxylic acids is 1. The van der Waals surface area contributed by atoms with Gasteiger partial charge in [-0.15, -0.1) is 0 Å². The van der Waals surface area contributed by atoms with E-state index in [0.29, 0.717) is 22.0 Å². The van der Waals surface area contributed by atoms with Gasteiger partial charge in [0.2, 0.25) is 5.88 Å². The summed E-state index contributed by atoms with van der Waals surface area (Å²) in [5.41, 5.74) is 2.65. The summed E-state index contributed by atoms with van der Waals surface area (Å²) >= 11 is 5.75. The van der Waals surface area contributed by atoms with Crippen molar-refractivity contribution in [3.05, 3.63) is 82.8 Å². The number of rotatable bonds is 6. The second-order valence-corrected chi connectivity index (χ2v) is 6.08. The summed E-state index contributed by atoms with van der Waals surface area (Å²) in [6, 6.07) is 15.1. The van der Waals surface area contributed by atoms with Crippen molar-refractivity contribution in [2.24, 2.45) is 0 Å². The van der Waals surface area contributed by atoms with Gasteiger partial charge in [-0.2, -0.15) is 0 Å². The quantitative estimate of drug-likeness (QED) is 0.679. The first-order chi connectivity index (χ1) is 12.5. The Labute approximate surface area is 154 Å². The molecule has 0 spiro atoms. The van der Waals surface area contributed by atoms with Crippen LogP contribution in [0.1, 0.15) is 11.1 Å². The van der Waals surface area contributed by atoms with E-state index in [1.54, 1.807) is 36.5 Å². The van der Waals surface area contributed by atoms with E-state index in [-0.39, 0.29) is 13.0 Å². The third kappa shape index (κ3) is 4.37. The zero-order valence-electron chi connectivity index (χ0n) is 13.7. The molecule has 0 amide bonds. The average Bonchev–Trinajstić information content (AvgIpc) is 2.61. The van der Waals surface area contributed by atoms with Crippen molar-refractivity contribution in [3.63, 3.8) is 0 Å². The standard InChI is InChI=1S/C20H15ClFNO3/c21-16-8-7-15(18(22)11-16)12-26-20-17(2-1-9-23-20)14-5-3-13(4-6-14)10-19(24)25/h1-9,11H,10,12H2,(H,24,25). The molecule has 0 aliphatic carbocycles. The molecule has 1 heterocycles. The van der Waals surface area contributed by atoms with Crippen molar-refractivity contribution in [2.75, 3.05) is 0 Å². The summed E-state index contributed by atoms with van der Waals surface area (Å²) in [7, 11) is 0. The van der Waals surface area contributed by atoms with E-state index in [4.69, 9.17) is 21.4 Å². The van der Waals surface area contributed by atoms with Crippen LogP contribution in [0, 0.1) is 5.82 Å². The summed E-state index contributed by atoms with van der Waals surface area (Å²) in [4.78, 5) is 15.0. The lowest BCUT2D eigenvalue weighted by molar-refractivity contribution is -0.136. The van der Waals surface area contributed by atoms with Gasteiger partial charge in [0.1, 0.15) is 12.4 Å². The lowest BCUT2D eigenvalue weighted by atomic mass is 10.0. The van der Waals surface area contributed by atoms with Gasteiger partial charge in [0.15, 0.2) is 0 Å². The van der Waals surface area contributed by atoms with E-state index >= 15 is 0 Å². The van der Waals surface area contributed by atoms with E-state index < -0.39 is 11.8 Å².